The summed E-state index contributed by atoms with van der Waals surface area (Å²) >= 11 is 0. The Bertz CT molecular complexity index is 939. The number of benzene rings is 1. The lowest BCUT2D eigenvalue weighted by Gasteiger charge is -2.22. The molecule has 154 valence electrons. The smallest absolute Gasteiger partial charge is 0.337 e. The first-order valence-corrected chi connectivity index (χ1v) is 9.61. The number of anilines is 1. The van der Waals surface area contributed by atoms with E-state index < -0.39 is 11.5 Å². The highest BCUT2D eigenvalue weighted by Crippen LogP contribution is 2.23. The number of imidazole rings is 1. The van der Waals surface area contributed by atoms with E-state index in [9.17, 15) is 14.4 Å². The number of amides is 2. The molecule has 0 aliphatic carbocycles. The number of carbonyl (C=O) groups is 3. The summed E-state index contributed by atoms with van der Waals surface area (Å²) < 4.78 is 6.52. The molecule has 8 nitrogen and oxygen atoms in total. The number of rotatable bonds is 4. The number of methoxy groups -OCH3 is 1. The summed E-state index contributed by atoms with van der Waals surface area (Å²) in [5, 5.41) is 5.71. The Morgan fingerprint density at radius 3 is 2.38 bits per heavy atom. The third kappa shape index (κ3) is 4.64. The molecule has 0 saturated carbocycles. The largest absolute Gasteiger partial charge is 0.465 e. The first kappa shape index (κ1) is 20.6. The van der Waals surface area contributed by atoms with Gasteiger partial charge in [0.2, 0.25) is 0 Å². The van der Waals surface area contributed by atoms with Gasteiger partial charge >= 0.3 is 5.97 Å². The highest BCUT2D eigenvalue weighted by atomic mass is 16.5. The summed E-state index contributed by atoms with van der Waals surface area (Å²) in [7, 11) is 1.31. The second-order valence-electron chi connectivity index (χ2n) is 8.07. The predicted octanol–water partition coefficient (Wildman–Crippen LogP) is 2.79. The van der Waals surface area contributed by atoms with Gasteiger partial charge in [-0.3, -0.25) is 9.59 Å². The zero-order chi connectivity index (χ0) is 21.2. The third-order valence-corrected chi connectivity index (χ3v) is 4.59. The van der Waals surface area contributed by atoms with E-state index in [-0.39, 0.29) is 23.3 Å². The molecule has 1 aromatic carbocycles. The van der Waals surface area contributed by atoms with Crippen molar-refractivity contribution in [3.63, 3.8) is 0 Å². The van der Waals surface area contributed by atoms with E-state index in [1.165, 1.54) is 7.11 Å². The number of carbonyl (C=O) groups excluding carboxylic acids is 3. The van der Waals surface area contributed by atoms with Crippen LogP contribution in [0.25, 0.3) is 0 Å². The molecule has 2 amide bonds. The number of hydrogen-bond acceptors (Lipinski definition) is 5. The molecule has 1 aromatic heterocycles. The Morgan fingerprint density at radius 1 is 1.07 bits per heavy atom. The van der Waals surface area contributed by atoms with Crippen molar-refractivity contribution >= 4 is 23.5 Å². The quantitative estimate of drug-likeness (QED) is 0.771. The zero-order valence-electron chi connectivity index (χ0n) is 17.2. The van der Waals surface area contributed by atoms with Crippen LogP contribution in [0.2, 0.25) is 0 Å². The fraction of sp³-hybridized carbons (Fsp3) is 0.429. The summed E-state index contributed by atoms with van der Waals surface area (Å²) in [4.78, 5) is 41.5. The van der Waals surface area contributed by atoms with Gasteiger partial charge in [0.15, 0.2) is 11.5 Å². The van der Waals surface area contributed by atoms with Crippen LogP contribution in [-0.4, -0.2) is 40.0 Å². The predicted molar refractivity (Wildman–Crippen MR) is 108 cm³/mol. The topological polar surface area (TPSA) is 102 Å². The normalized spacial score (nSPS) is 13.4. The van der Waals surface area contributed by atoms with Crippen LogP contribution in [0.5, 0.6) is 0 Å². The molecule has 29 heavy (non-hydrogen) atoms. The van der Waals surface area contributed by atoms with E-state index >= 15 is 0 Å². The maximum absolute atomic E-state index is 12.9. The molecule has 1 aliphatic heterocycles. The van der Waals surface area contributed by atoms with Crippen molar-refractivity contribution in [2.24, 2.45) is 0 Å². The Hall–Kier alpha value is -3.16. The highest BCUT2D eigenvalue weighted by Gasteiger charge is 2.29. The van der Waals surface area contributed by atoms with Gasteiger partial charge in [0.05, 0.1) is 18.4 Å². The minimum absolute atomic E-state index is 0.265. The number of fused-ring (bicyclic) bond motifs is 1. The van der Waals surface area contributed by atoms with Gasteiger partial charge in [-0.15, -0.1) is 0 Å². The standard InChI is InChI=1S/C21H26N4O4/c1-21(2,3)24-19(27)17-23-16(15-7-5-6-12-25(15)17)18(26)22-14-10-8-13(9-11-14)20(28)29-4/h8-11H,5-7,12H2,1-4H3,(H,22,26)(H,24,27). The summed E-state index contributed by atoms with van der Waals surface area (Å²) in [6.45, 7) is 6.36. The van der Waals surface area contributed by atoms with Crippen LogP contribution in [0, 0.1) is 0 Å². The van der Waals surface area contributed by atoms with E-state index in [4.69, 9.17) is 0 Å². The number of nitrogens with zero attached hydrogens (tertiary/aromatic N) is 2. The van der Waals surface area contributed by atoms with Crippen LogP contribution < -0.4 is 10.6 Å². The van der Waals surface area contributed by atoms with Crippen LogP contribution >= 0.6 is 0 Å². The van der Waals surface area contributed by atoms with Crippen molar-refractivity contribution in [3.8, 4) is 0 Å². The van der Waals surface area contributed by atoms with Gasteiger partial charge < -0.3 is 19.9 Å². The molecule has 0 bridgehead atoms. The van der Waals surface area contributed by atoms with Crippen LogP contribution in [0.15, 0.2) is 24.3 Å². The number of hydrogen-bond donors (Lipinski definition) is 2. The molecule has 8 heteroatoms. The molecule has 1 aliphatic rings. The number of nitrogens with one attached hydrogen (secondary N) is 2. The summed E-state index contributed by atoms with van der Waals surface area (Å²) in [6, 6.07) is 6.40. The van der Waals surface area contributed by atoms with Crippen molar-refractivity contribution in [2.45, 2.75) is 52.1 Å². The van der Waals surface area contributed by atoms with Crippen LogP contribution in [0.3, 0.4) is 0 Å². The summed E-state index contributed by atoms with van der Waals surface area (Å²) in [5.74, 6) is -0.847. The molecule has 0 unspecified atom stereocenters. The molecule has 0 fully saturated rings. The number of ether oxygens (including phenoxy) is 1. The molecule has 2 heterocycles. The van der Waals surface area contributed by atoms with E-state index in [1.54, 1.807) is 24.3 Å². The van der Waals surface area contributed by atoms with Crippen molar-refractivity contribution in [2.75, 3.05) is 12.4 Å². The third-order valence-electron chi connectivity index (χ3n) is 4.59. The molecule has 0 atom stereocenters. The van der Waals surface area contributed by atoms with Gasteiger partial charge in [0.25, 0.3) is 11.8 Å². The van der Waals surface area contributed by atoms with E-state index in [2.05, 4.69) is 20.4 Å². The van der Waals surface area contributed by atoms with Gasteiger partial charge in [-0.25, -0.2) is 9.78 Å². The fourth-order valence-corrected chi connectivity index (χ4v) is 3.29. The minimum Gasteiger partial charge on any atom is -0.465 e. The number of esters is 1. The first-order chi connectivity index (χ1) is 13.7. The van der Waals surface area contributed by atoms with Crippen LogP contribution in [0.1, 0.15) is 70.8 Å². The van der Waals surface area contributed by atoms with E-state index in [1.807, 2.05) is 25.3 Å². The van der Waals surface area contributed by atoms with E-state index in [0.717, 1.165) is 18.5 Å². The monoisotopic (exact) mass is 398 g/mol. The van der Waals surface area contributed by atoms with Crippen LogP contribution in [-0.2, 0) is 17.7 Å². The molecule has 0 radical (unpaired) electrons. The Morgan fingerprint density at radius 2 is 1.76 bits per heavy atom. The van der Waals surface area contributed by atoms with Gasteiger partial charge in [-0.2, -0.15) is 0 Å². The molecule has 2 aromatic rings. The van der Waals surface area contributed by atoms with E-state index in [0.29, 0.717) is 24.2 Å². The summed E-state index contributed by atoms with van der Waals surface area (Å²) in [6.07, 6.45) is 2.58. The number of aromatic nitrogens is 2. The Kier molecular flexibility index (Phi) is 5.72. The lowest BCUT2D eigenvalue weighted by molar-refractivity contribution is 0.0600. The molecule has 0 spiro atoms. The lowest BCUT2D eigenvalue weighted by atomic mass is 10.1. The summed E-state index contributed by atoms with van der Waals surface area (Å²) in [5.41, 5.74) is 1.56. The maximum atomic E-state index is 12.9. The molecule has 2 N–H and O–H groups in total. The minimum atomic E-state index is -0.444. The van der Waals surface area contributed by atoms with Gasteiger partial charge in [0.1, 0.15) is 0 Å². The zero-order valence-corrected chi connectivity index (χ0v) is 17.2. The van der Waals surface area contributed by atoms with Crippen molar-refractivity contribution in [1.29, 1.82) is 0 Å². The van der Waals surface area contributed by atoms with Crippen molar-refractivity contribution < 1.29 is 19.1 Å². The molecule has 0 saturated heterocycles. The Labute approximate surface area is 169 Å². The maximum Gasteiger partial charge on any atom is 0.337 e. The highest BCUT2D eigenvalue weighted by molar-refractivity contribution is 6.05. The SMILES string of the molecule is COC(=O)c1ccc(NC(=O)c2nc(C(=O)NC(C)(C)C)n3c2CCCC3)cc1. The Balaban J connectivity index is 1.85. The molecular weight excluding hydrogens is 372 g/mol. The van der Waals surface area contributed by atoms with Crippen molar-refractivity contribution in [3.05, 3.63) is 47.0 Å². The van der Waals surface area contributed by atoms with Gasteiger partial charge in [0, 0.05) is 17.8 Å². The fourth-order valence-electron chi connectivity index (χ4n) is 3.29. The first-order valence-electron chi connectivity index (χ1n) is 9.61. The van der Waals surface area contributed by atoms with Gasteiger partial charge in [-0.1, -0.05) is 0 Å². The molecular formula is C21H26N4O4. The van der Waals surface area contributed by atoms with Crippen LogP contribution in [0.4, 0.5) is 5.69 Å². The lowest BCUT2D eigenvalue weighted by Crippen LogP contribution is -2.42. The second kappa shape index (κ2) is 8.06. The average Bonchev–Trinajstić information content (AvgIpc) is 3.07. The van der Waals surface area contributed by atoms with Gasteiger partial charge in [-0.05, 0) is 64.3 Å². The molecule has 3 rings (SSSR count). The van der Waals surface area contributed by atoms with Crippen molar-refractivity contribution in [1.82, 2.24) is 14.9 Å². The second-order valence-corrected chi connectivity index (χ2v) is 8.07. The average molecular weight is 398 g/mol.